The number of aryl methyl sites for hydroxylation is 1. The van der Waals surface area contributed by atoms with Gasteiger partial charge in [-0.25, -0.2) is 4.98 Å². The fourth-order valence-electron chi connectivity index (χ4n) is 4.23. The molecule has 0 saturated heterocycles. The Hall–Kier alpha value is -4.19. The van der Waals surface area contributed by atoms with E-state index in [0.29, 0.717) is 12.2 Å². The molecule has 2 heterocycles. The van der Waals surface area contributed by atoms with Crippen LogP contribution in [0.4, 0.5) is 0 Å². The van der Waals surface area contributed by atoms with E-state index in [4.69, 9.17) is 9.72 Å². The second-order valence-electron chi connectivity index (χ2n) is 8.22. The lowest BCUT2D eigenvalue weighted by atomic mass is 10.1. The third-order valence-electron chi connectivity index (χ3n) is 5.89. The van der Waals surface area contributed by atoms with E-state index in [-0.39, 0.29) is 11.9 Å². The molecule has 0 saturated carbocycles. The Balaban J connectivity index is 1.31. The standard InChI is InChI=1S/C28H26N4O2/c1-20(30-28(33)22-14-16-29-17-15-22)27-31-24-11-4-5-12-25(24)32(27)18-7-19-34-26-13-6-9-21-8-2-3-10-23(21)26/h2-6,8-17,20H,7,18-19H2,1H3,(H,30,33). The lowest BCUT2D eigenvalue weighted by Crippen LogP contribution is -2.28. The van der Waals surface area contributed by atoms with Crippen LogP contribution in [0.1, 0.15) is 35.6 Å². The first kappa shape index (κ1) is 21.6. The molecule has 0 radical (unpaired) electrons. The predicted molar refractivity (Wildman–Crippen MR) is 134 cm³/mol. The number of para-hydroxylation sites is 2. The van der Waals surface area contributed by atoms with Gasteiger partial charge < -0.3 is 14.6 Å². The third kappa shape index (κ3) is 4.48. The van der Waals surface area contributed by atoms with Gasteiger partial charge in [0.1, 0.15) is 11.6 Å². The molecule has 0 aliphatic carbocycles. The van der Waals surface area contributed by atoms with E-state index in [1.54, 1.807) is 24.5 Å². The van der Waals surface area contributed by atoms with Crippen LogP contribution in [0.5, 0.6) is 5.75 Å². The molecule has 34 heavy (non-hydrogen) atoms. The van der Waals surface area contributed by atoms with E-state index in [1.165, 1.54) is 5.39 Å². The van der Waals surface area contributed by atoms with Gasteiger partial charge in [0, 0.05) is 29.9 Å². The van der Waals surface area contributed by atoms with Gasteiger partial charge in [-0.3, -0.25) is 9.78 Å². The minimum Gasteiger partial charge on any atom is -0.493 e. The predicted octanol–water partition coefficient (Wildman–Crippen LogP) is 5.54. The largest absolute Gasteiger partial charge is 0.493 e. The first-order chi connectivity index (χ1) is 16.7. The first-order valence-electron chi connectivity index (χ1n) is 11.5. The number of pyridine rings is 1. The Morgan fingerprint density at radius 3 is 2.62 bits per heavy atom. The number of ether oxygens (including phenoxy) is 1. The maximum absolute atomic E-state index is 12.7. The molecule has 0 fully saturated rings. The summed E-state index contributed by atoms with van der Waals surface area (Å²) in [4.78, 5) is 21.5. The molecule has 2 aromatic heterocycles. The smallest absolute Gasteiger partial charge is 0.251 e. The maximum Gasteiger partial charge on any atom is 0.251 e. The summed E-state index contributed by atoms with van der Waals surface area (Å²) >= 11 is 0. The van der Waals surface area contributed by atoms with Crippen molar-refractivity contribution in [2.24, 2.45) is 0 Å². The first-order valence-corrected chi connectivity index (χ1v) is 11.5. The number of nitrogens with zero attached hydrogens (tertiary/aromatic N) is 3. The van der Waals surface area contributed by atoms with Crippen LogP contribution in [0.15, 0.2) is 91.3 Å². The number of carbonyl (C=O) groups is 1. The lowest BCUT2D eigenvalue weighted by molar-refractivity contribution is 0.0937. The summed E-state index contributed by atoms with van der Waals surface area (Å²) in [6.45, 7) is 3.27. The van der Waals surface area contributed by atoms with Gasteiger partial charge in [-0.15, -0.1) is 0 Å². The summed E-state index contributed by atoms with van der Waals surface area (Å²) < 4.78 is 8.32. The average molecular weight is 451 g/mol. The zero-order chi connectivity index (χ0) is 23.3. The number of imidazole rings is 1. The van der Waals surface area contributed by atoms with Crippen molar-refractivity contribution in [1.29, 1.82) is 0 Å². The van der Waals surface area contributed by atoms with Gasteiger partial charge >= 0.3 is 0 Å². The number of rotatable bonds is 8. The SMILES string of the molecule is CC(NC(=O)c1ccncc1)c1nc2ccccc2n1CCCOc1cccc2ccccc12. The van der Waals surface area contributed by atoms with E-state index in [9.17, 15) is 4.79 Å². The van der Waals surface area contributed by atoms with Crippen LogP contribution >= 0.6 is 0 Å². The van der Waals surface area contributed by atoms with Gasteiger partial charge in [0.05, 0.1) is 23.7 Å². The summed E-state index contributed by atoms with van der Waals surface area (Å²) in [7, 11) is 0. The summed E-state index contributed by atoms with van der Waals surface area (Å²) in [6, 6.07) is 25.6. The second-order valence-corrected chi connectivity index (χ2v) is 8.22. The summed E-state index contributed by atoms with van der Waals surface area (Å²) in [5, 5.41) is 5.35. The molecule has 1 atom stereocenters. The van der Waals surface area contributed by atoms with Crippen LogP contribution in [-0.4, -0.2) is 27.0 Å². The minimum atomic E-state index is -0.257. The van der Waals surface area contributed by atoms with Crippen LogP contribution < -0.4 is 10.1 Å². The van der Waals surface area contributed by atoms with Crippen molar-refractivity contribution in [1.82, 2.24) is 19.9 Å². The molecule has 0 aliphatic rings. The van der Waals surface area contributed by atoms with Crippen molar-refractivity contribution in [3.05, 3.63) is 103 Å². The molecule has 1 unspecified atom stereocenters. The summed E-state index contributed by atoms with van der Waals surface area (Å²) in [5.41, 5.74) is 2.54. The molecule has 0 bridgehead atoms. The van der Waals surface area contributed by atoms with Crippen LogP contribution in [0.2, 0.25) is 0 Å². The number of benzene rings is 3. The number of hydrogen-bond donors (Lipinski definition) is 1. The minimum absolute atomic E-state index is 0.146. The molecule has 0 aliphatic heterocycles. The molecule has 1 amide bonds. The van der Waals surface area contributed by atoms with Crippen molar-refractivity contribution in [3.63, 3.8) is 0 Å². The molecular weight excluding hydrogens is 424 g/mol. The second kappa shape index (κ2) is 9.75. The van der Waals surface area contributed by atoms with Crippen molar-refractivity contribution in [2.45, 2.75) is 25.9 Å². The monoisotopic (exact) mass is 450 g/mol. The van der Waals surface area contributed by atoms with E-state index in [2.05, 4.69) is 39.1 Å². The highest BCUT2D eigenvalue weighted by atomic mass is 16.5. The highest BCUT2D eigenvalue weighted by Crippen LogP contribution is 2.26. The molecule has 3 aromatic carbocycles. The van der Waals surface area contributed by atoms with Gasteiger partial charge in [0.2, 0.25) is 0 Å². The molecular formula is C28H26N4O2. The third-order valence-corrected chi connectivity index (χ3v) is 5.89. The Kier molecular flexibility index (Phi) is 6.21. The zero-order valence-electron chi connectivity index (χ0n) is 19.0. The molecule has 6 heteroatoms. The molecule has 5 aromatic rings. The fraction of sp³-hybridized carbons (Fsp3) is 0.179. The maximum atomic E-state index is 12.7. The highest BCUT2D eigenvalue weighted by Gasteiger charge is 2.19. The molecule has 6 nitrogen and oxygen atoms in total. The summed E-state index contributed by atoms with van der Waals surface area (Å²) in [6.07, 6.45) is 4.04. The molecule has 170 valence electrons. The van der Waals surface area contributed by atoms with Crippen LogP contribution in [0.25, 0.3) is 21.8 Å². The number of fused-ring (bicyclic) bond motifs is 2. The van der Waals surface area contributed by atoms with Gasteiger partial charge in [-0.2, -0.15) is 0 Å². The average Bonchev–Trinajstić information content (AvgIpc) is 3.26. The highest BCUT2D eigenvalue weighted by molar-refractivity contribution is 5.94. The van der Waals surface area contributed by atoms with E-state index < -0.39 is 0 Å². The topological polar surface area (TPSA) is 69.0 Å². The number of aromatic nitrogens is 3. The van der Waals surface area contributed by atoms with Crippen LogP contribution in [0, 0.1) is 0 Å². The van der Waals surface area contributed by atoms with Crippen molar-refractivity contribution < 1.29 is 9.53 Å². The number of hydrogen-bond acceptors (Lipinski definition) is 4. The number of nitrogens with one attached hydrogen (secondary N) is 1. The number of carbonyl (C=O) groups excluding carboxylic acids is 1. The van der Waals surface area contributed by atoms with Crippen molar-refractivity contribution in [3.8, 4) is 5.75 Å². The van der Waals surface area contributed by atoms with E-state index >= 15 is 0 Å². The van der Waals surface area contributed by atoms with Gasteiger partial charge in [0.25, 0.3) is 5.91 Å². The van der Waals surface area contributed by atoms with Crippen molar-refractivity contribution in [2.75, 3.05) is 6.61 Å². The van der Waals surface area contributed by atoms with Gasteiger partial charge in [-0.05, 0) is 49.1 Å². The Morgan fingerprint density at radius 2 is 1.74 bits per heavy atom. The quantitative estimate of drug-likeness (QED) is 0.315. The molecule has 5 rings (SSSR count). The zero-order valence-corrected chi connectivity index (χ0v) is 19.0. The lowest BCUT2D eigenvalue weighted by Gasteiger charge is -2.17. The Morgan fingerprint density at radius 1 is 0.971 bits per heavy atom. The Bertz CT molecular complexity index is 1420. The van der Waals surface area contributed by atoms with Gasteiger partial charge in [-0.1, -0.05) is 48.5 Å². The molecule has 1 N–H and O–H groups in total. The number of amides is 1. The summed E-state index contributed by atoms with van der Waals surface area (Å²) in [5.74, 6) is 1.58. The van der Waals surface area contributed by atoms with Gasteiger partial charge in [0.15, 0.2) is 0 Å². The van der Waals surface area contributed by atoms with E-state index in [0.717, 1.165) is 41.0 Å². The Labute approximate surface area is 198 Å². The van der Waals surface area contributed by atoms with Crippen LogP contribution in [-0.2, 0) is 6.54 Å². The van der Waals surface area contributed by atoms with Crippen molar-refractivity contribution >= 4 is 27.7 Å². The van der Waals surface area contributed by atoms with Crippen LogP contribution in [0.3, 0.4) is 0 Å². The molecule has 0 spiro atoms. The fourth-order valence-corrected chi connectivity index (χ4v) is 4.23. The van der Waals surface area contributed by atoms with E-state index in [1.807, 2.05) is 49.4 Å². The normalized spacial score (nSPS) is 12.0.